The summed E-state index contributed by atoms with van der Waals surface area (Å²) in [4.78, 5) is 0. The first-order chi connectivity index (χ1) is 9.04. The van der Waals surface area contributed by atoms with Gasteiger partial charge in [0.15, 0.2) is 0 Å². The maximum atomic E-state index is 3.60. The first kappa shape index (κ1) is 16.2. The summed E-state index contributed by atoms with van der Waals surface area (Å²) in [5, 5.41) is 3.60. The van der Waals surface area contributed by atoms with Gasteiger partial charge in [-0.1, -0.05) is 39.0 Å². The summed E-state index contributed by atoms with van der Waals surface area (Å²) >= 11 is 0. The third-order valence-corrected chi connectivity index (χ3v) is 3.80. The van der Waals surface area contributed by atoms with Gasteiger partial charge in [0.2, 0.25) is 0 Å². The molecule has 0 heterocycles. The van der Waals surface area contributed by atoms with Gasteiger partial charge < -0.3 is 5.32 Å². The van der Waals surface area contributed by atoms with Crippen LogP contribution in [0, 0.1) is 25.7 Å². The van der Waals surface area contributed by atoms with E-state index in [2.05, 4.69) is 58.1 Å². The summed E-state index contributed by atoms with van der Waals surface area (Å²) in [6.07, 6.45) is 3.75. The molecule has 0 amide bonds. The van der Waals surface area contributed by atoms with Crippen molar-refractivity contribution in [2.24, 2.45) is 11.8 Å². The van der Waals surface area contributed by atoms with E-state index in [0.717, 1.165) is 24.9 Å². The van der Waals surface area contributed by atoms with Crippen LogP contribution in [0.15, 0.2) is 18.2 Å². The Balaban J connectivity index is 2.69. The van der Waals surface area contributed by atoms with Crippen LogP contribution < -0.4 is 5.32 Å². The molecule has 1 heteroatoms. The minimum atomic E-state index is 0.756. The van der Waals surface area contributed by atoms with Gasteiger partial charge in [0.25, 0.3) is 0 Å². The van der Waals surface area contributed by atoms with Gasteiger partial charge in [-0.2, -0.15) is 0 Å². The lowest BCUT2D eigenvalue weighted by Gasteiger charge is -2.22. The molecule has 19 heavy (non-hydrogen) atoms. The lowest BCUT2D eigenvalue weighted by Crippen LogP contribution is -2.26. The standard InChI is InChI=1S/C18H31N/c1-6-10-19-13-17(11-14(2)3)12-18-15(4)8-7-9-16(18)5/h7-9,14,17,19H,6,10-13H2,1-5H3. The predicted molar refractivity (Wildman–Crippen MR) is 85.7 cm³/mol. The molecule has 1 rings (SSSR count). The lowest BCUT2D eigenvalue weighted by atomic mass is 9.87. The van der Waals surface area contributed by atoms with Gasteiger partial charge in [-0.25, -0.2) is 0 Å². The second-order valence-electron chi connectivity index (χ2n) is 6.27. The van der Waals surface area contributed by atoms with Crippen LogP contribution in [0.4, 0.5) is 0 Å². The SMILES string of the molecule is CCCNCC(Cc1c(C)cccc1C)CC(C)C. The number of nitrogens with one attached hydrogen (secondary N) is 1. The van der Waals surface area contributed by atoms with Crippen LogP contribution in [0.2, 0.25) is 0 Å². The zero-order valence-electron chi connectivity index (χ0n) is 13.4. The number of hydrogen-bond donors (Lipinski definition) is 1. The van der Waals surface area contributed by atoms with Gasteiger partial charge in [0, 0.05) is 0 Å². The normalized spacial score (nSPS) is 12.9. The fraction of sp³-hybridized carbons (Fsp3) is 0.667. The van der Waals surface area contributed by atoms with Crippen molar-refractivity contribution >= 4 is 0 Å². The highest BCUT2D eigenvalue weighted by molar-refractivity contribution is 5.33. The van der Waals surface area contributed by atoms with E-state index in [-0.39, 0.29) is 0 Å². The molecule has 1 N–H and O–H groups in total. The van der Waals surface area contributed by atoms with Crippen LogP contribution >= 0.6 is 0 Å². The minimum Gasteiger partial charge on any atom is -0.316 e. The van der Waals surface area contributed by atoms with Gasteiger partial charge in [-0.15, -0.1) is 0 Å². The van der Waals surface area contributed by atoms with E-state index in [0.29, 0.717) is 0 Å². The molecule has 0 fully saturated rings. The van der Waals surface area contributed by atoms with Crippen molar-refractivity contribution in [1.29, 1.82) is 0 Å². The maximum Gasteiger partial charge on any atom is -0.00172 e. The molecule has 0 saturated heterocycles. The zero-order chi connectivity index (χ0) is 14.3. The number of aryl methyl sites for hydroxylation is 2. The largest absolute Gasteiger partial charge is 0.316 e. The third kappa shape index (κ3) is 5.78. The molecule has 0 aromatic heterocycles. The van der Waals surface area contributed by atoms with E-state index >= 15 is 0 Å². The second-order valence-corrected chi connectivity index (χ2v) is 6.27. The molecule has 108 valence electrons. The van der Waals surface area contributed by atoms with Crippen LogP contribution in [-0.2, 0) is 6.42 Å². The van der Waals surface area contributed by atoms with Crippen LogP contribution in [-0.4, -0.2) is 13.1 Å². The van der Waals surface area contributed by atoms with E-state index < -0.39 is 0 Å². The summed E-state index contributed by atoms with van der Waals surface area (Å²) in [6.45, 7) is 13.7. The molecule has 0 aliphatic rings. The Labute approximate surface area is 119 Å². The Kier molecular flexibility index (Phi) is 7.15. The van der Waals surface area contributed by atoms with E-state index in [4.69, 9.17) is 0 Å². The van der Waals surface area contributed by atoms with Crippen LogP contribution in [0.3, 0.4) is 0 Å². The lowest BCUT2D eigenvalue weighted by molar-refractivity contribution is 0.384. The summed E-state index contributed by atoms with van der Waals surface area (Å²) in [6, 6.07) is 6.66. The molecule has 0 radical (unpaired) electrons. The molecule has 0 bridgehead atoms. The third-order valence-electron chi connectivity index (χ3n) is 3.80. The number of hydrogen-bond acceptors (Lipinski definition) is 1. The Morgan fingerprint density at radius 1 is 1.11 bits per heavy atom. The molecule has 1 aromatic carbocycles. The number of benzene rings is 1. The molecular weight excluding hydrogens is 230 g/mol. The van der Waals surface area contributed by atoms with Gasteiger partial charge in [0.05, 0.1) is 0 Å². The first-order valence-corrected chi connectivity index (χ1v) is 7.80. The quantitative estimate of drug-likeness (QED) is 0.679. The van der Waals surface area contributed by atoms with Crippen molar-refractivity contribution < 1.29 is 0 Å². The first-order valence-electron chi connectivity index (χ1n) is 7.80. The van der Waals surface area contributed by atoms with Crippen molar-refractivity contribution in [3.05, 3.63) is 34.9 Å². The van der Waals surface area contributed by atoms with Gasteiger partial charge >= 0.3 is 0 Å². The maximum absolute atomic E-state index is 3.60. The summed E-state index contributed by atoms with van der Waals surface area (Å²) < 4.78 is 0. The van der Waals surface area contributed by atoms with Crippen LogP contribution in [0.25, 0.3) is 0 Å². The molecule has 1 unspecified atom stereocenters. The fourth-order valence-electron chi connectivity index (χ4n) is 2.85. The smallest absolute Gasteiger partial charge is 0.00172 e. The Morgan fingerprint density at radius 2 is 1.74 bits per heavy atom. The van der Waals surface area contributed by atoms with E-state index in [9.17, 15) is 0 Å². The molecule has 1 nitrogen and oxygen atoms in total. The van der Waals surface area contributed by atoms with Crippen LogP contribution in [0.5, 0.6) is 0 Å². The van der Waals surface area contributed by atoms with Gasteiger partial charge in [0.1, 0.15) is 0 Å². The van der Waals surface area contributed by atoms with Crippen molar-refractivity contribution in [1.82, 2.24) is 5.32 Å². The predicted octanol–water partition coefficient (Wildman–Crippen LogP) is 4.51. The zero-order valence-corrected chi connectivity index (χ0v) is 13.4. The molecule has 1 aromatic rings. The molecule has 0 spiro atoms. The van der Waals surface area contributed by atoms with Gasteiger partial charge in [-0.3, -0.25) is 0 Å². The fourth-order valence-corrected chi connectivity index (χ4v) is 2.85. The highest BCUT2D eigenvalue weighted by atomic mass is 14.8. The second kappa shape index (κ2) is 8.37. The minimum absolute atomic E-state index is 0.756. The average Bonchev–Trinajstić information content (AvgIpc) is 2.33. The Morgan fingerprint density at radius 3 is 2.26 bits per heavy atom. The van der Waals surface area contributed by atoms with Crippen molar-refractivity contribution in [3.8, 4) is 0 Å². The van der Waals surface area contributed by atoms with E-state index in [1.165, 1.54) is 30.4 Å². The highest BCUT2D eigenvalue weighted by Crippen LogP contribution is 2.21. The van der Waals surface area contributed by atoms with Gasteiger partial charge in [-0.05, 0) is 74.7 Å². The average molecular weight is 261 g/mol. The number of rotatable bonds is 8. The van der Waals surface area contributed by atoms with Crippen molar-refractivity contribution in [2.45, 2.75) is 53.9 Å². The molecular formula is C18H31N. The van der Waals surface area contributed by atoms with Crippen LogP contribution in [0.1, 0.15) is 50.3 Å². The molecule has 0 aliphatic heterocycles. The van der Waals surface area contributed by atoms with Crippen molar-refractivity contribution in [3.63, 3.8) is 0 Å². The summed E-state index contributed by atoms with van der Waals surface area (Å²) in [5.41, 5.74) is 4.46. The summed E-state index contributed by atoms with van der Waals surface area (Å²) in [7, 11) is 0. The topological polar surface area (TPSA) is 12.0 Å². The molecule has 1 atom stereocenters. The Bertz CT molecular complexity index is 348. The summed E-state index contributed by atoms with van der Waals surface area (Å²) in [5.74, 6) is 1.53. The van der Waals surface area contributed by atoms with E-state index in [1.54, 1.807) is 5.56 Å². The highest BCUT2D eigenvalue weighted by Gasteiger charge is 2.14. The van der Waals surface area contributed by atoms with Crippen molar-refractivity contribution in [2.75, 3.05) is 13.1 Å². The monoisotopic (exact) mass is 261 g/mol. The van der Waals surface area contributed by atoms with E-state index in [1.807, 2.05) is 0 Å². The Hall–Kier alpha value is -0.820. The molecule has 0 saturated carbocycles. The molecule has 0 aliphatic carbocycles.